The first-order chi connectivity index (χ1) is 14.2. The average molecular weight is 414 g/mol. The lowest BCUT2D eigenvalue weighted by Crippen LogP contribution is -2.46. The van der Waals surface area contributed by atoms with E-state index in [1.807, 2.05) is 23.5 Å². The number of hydrogen-bond donors (Lipinski definition) is 0. The Morgan fingerprint density at radius 2 is 0.931 bits per heavy atom. The molecule has 0 spiro atoms. The van der Waals surface area contributed by atoms with Crippen LogP contribution in [0.25, 0.3) is 9.81 Å². The Labute approximate surface area is 181 Å². The van der Waals surface area contributed by atoms with Crippen LogP contribution in [0.1, 0.15) is 25.0 Å². The zero-order valence-corrected chi connectivity index (χ0v) is 18.2. The summed E-state index contributed by atoms with van der Waals surface area (Å²) >= 11 is 3.98. The van der Waals surface area contributed by atoms with Crippen LogP contribution >= 0.6 is 23.5 Å². The van der Waals surface area contributed by atoms with Gasteiger partial charge in [-0.2, -0.15) is 0 Å². The molecule has 2 atom stereocenters. The van der Waals surface area contributed by atoms with E-state index in [1.165, 1.54) is 37.8 Å². The molecule has 3 aromatic rings. The van der Waals surface area contributed by atoms with E-state index >= 15 is 0 Å². The van der Waals surface area contributed by atoms with E-state index in [2.05, 4.69) is 110 Å². The minimum atomic E-state index is 0.290. The molecule has 2 aliphatic rings. The zero-order valence-electron chi connectivity index (χ0n) is 16.6. The highest BCUT2D eigenvalue weighted by molar-refractivity contribution is 8.11. The van der Waals surface area contributed by atoms with E-state index < -0.39 is 0 Å². The Hall–Kier alpha value is -2.36. The summed E-state index contributed by atoms with van der Waals surface area (Å²) < 4.78 is 0. The van der Waals surface area contributed by atoms with Crippen LogP contribution in [0.4, 0.5) is 5.69 Å². The van der Waals surface area contributed by atoms with Gasteiger partial charge in [-0.3, -0.25) is 0 Å². The van der Waals surface area contributed by atoms with Gasteiger partial charge in [0.15, 0.2) is 0 Å². The van der Waals surface area contributed by atoms with E-state index in [0.717, 1.165) is 0 Å². The maximum Gasteiger partial charge on any atom is 0.104 e. The van der Waals surface area contributed by atoms with Crippen molar-refractivity contribution in [3.8, 4) is 0 Å². The number of benzene rings is 3. The first kappa shape index (κ1) is 18.7. The number of thioether (sulfide) groups is 2. The molecule has 0 saturated carbocycles. The predicted molar refractivity (Wildman–Crippen MR) is 130 cm³/mol. The van der Waals surface area contributed by atoms with Gasteiger partial charge in [-0.15, -0.1) is 0 Å². The Kier molecular flexibility index (Phi) is 5.03. The number of anilines is 1. The van der Waals surface area contributed by atoms with Gasteiger partial charge < -0.3 is 4.90 Å². The van der Waals surface area contributed by atoms with Crippen molar-refractivity contribution >= 4 is 39.0 Å². The van der Waals surface area contributed by atoms with Gasteiger partial charge in [0.2, 0.25) is 0 Å². The molecule has 0 N–H and O–H groups in total. The highest BCUT2D eigenvalue weighted by Gasteiger charge is 2.42. The van der Waals surface area contributed by atoms with Crippen LogP contribution in [0, 0.1) is 0 Å². The maximum absolute atomic E-state index is 2.60. The summed E-state index contributed by atoms with van der Waals surface area (Å²) in [5.74, 6) is 0. The number of fused-ring (bicyclic) bond motifs is 2. The Morgan fingerprint density at radius 1 is 0.552 bits per heavy atom. The molecule has 2 bridgehead atoms. The molecule has 29 heavy (non-hydrogen) atoms. The van der Waals surface area contributed by atoms with E-state index in [1.54, 1.807) is 0 Å². The minimum absolute atomic E-state index is 0.290. The summed E-state index contributed by atoms with van der Waals surface area (Å²) in [4.78, 5) is 5.44. The Bertz CT molecular complexity index is 1000. The molecule has 0 aromatic heterocycles. The normalized spacial score (nSPS) is 21.5. The van der Waals surface area contributed by atoms with Crippen LogP contribution in [0.3, 0.4) is 0 Å². The molecular weight excluding hydrogens is 390 g/mol. The van der Waals surface area contributed by atoms with Crippen molar-refractivity contribution < 1.29 is 0 Å². The fraction of sp³-hybridized carbons (Fsp3) is 0.154. The molecule has 2 aliphatic heterocycles. The molecule has 0 radical (unpaired) electrons. The van der Waals surface area contributed by atoms with Gasteiger partial charge in [0.05, 0.1) is 0 Å². The SMILES string of the molecule is CC1=C(c2ccccc2)SC2C(C)=C(c3ccccc3)SC1N2c1ccccc1. The molecule has 1 nitrogen and oxygen atoms in total. The van der Waals surface area contributed by atoms with Crippen molar-refractivity contribution in [2.75, 3.05) is 4.90 Å². The second-order valence-electron chi connectivity index (χ2n) is 7.44. The van der Waals surface area contributed by atoms with Crippen LogP contribution in [0.15, 0.2) is 102 Å². The number of para-hydroxylation sites is 1. The lowest BCUT2D eigenvalue weighted by Gasteiger charge is -2.49. The zero-order chi connectivity index (χ0) is 19.8. The Morgan fingerprint density at radius 3 is 1.34 bits per heavy atom. The summed E-state index contributed by atoms with van der Waals surface area (Å²) in [6.45, 7) is 4.62. The van der Waals surface area contributed by atoms with Gasteiger partial charge >= 0.3 is 0 Å². The van der Waals surface area contributed by atoms with Crippen LogP contribution in [0.5, 0.6) is 0 Å². The molecular formula is C26H23NS2. The molecule has 0 aliphatic carbocycles. The van der Waals surface area contributed by atoms with Crippen molar-refractivity contribution in [2.24, 2.45) is 0 Å². The Balaban J connectivity index is 1.66. The van der Waals surface area contributed by atoms with Crippen LogP contribution in [-0.2, 0) is 0 Å². The van der Waals surface area contributed by atoms with Gasteiger partial charge in [-0.25, -0.2) is 0 Å². The molecule has 0 amide bonds. The summed E-state index contributed by atoms with van der Waals surface area (Å²) in [6, 6.07) is 32.6. The van der Waals surface area contributed by atoms with Crippen LogP contribution in [-0.4, -0.2) is 10.7 Å². The fourth-order valence-electron chi connectivity index (χ4n) is 4.11. The van der Waals surface area contributed by atoms with E-state index in [-0.39, 0.29) is 10.7 Å². The van der Waals surface area contributed by atoms with E-state index in [4.69, 9.17) is 0 Å². The monoisotopic (exact) mass is 413 g/mol. The van der Waals surface area contributed by atoms with Crippen LogP contribution < -0.4 is 4.90 Å². The number of hydrogen-bond acceptors (Lipinski definition) is 3. The summed E-state index contributed by atoms with van der Waals surface area (Å²) in [6.07, 6.45) is 0. The molecule has 5 rings (SSSR count). The molecule has 2 heterocycles. The molecule has 2 unspecified atom stereocenters. The number of nitrogens with zero attached hydrogens (tertiary/aromatic N) is 1. The third-order valence-corrected chi connectivity index (χ3v) is 8.74. The van der Waals surface area contributed by atoms with Crippen LogP contribution in [0.2, 0.25) is 0 Å². The van der Waals surface area contributed by atoms with Crippen molar-refractivity contribution in [3.05, 3.63) is 113 Å². The first-order valence-electron chi connectivity index (χ1n) is 9.93. The second kappa shape index (κ2) is 7.81. The quantitative estimate of drug-likeness (QED) is 0.437. The summed E-state index contributed by atoms with van der Waals surface area (Å²) in [7, 11) is 0. The largest absolute Gasteiger partial charge is 0.339 e. The molecule has 0 saturated heterocycles. The van der Waals surface area contributed by atoms with Gasteiger partial charge in [0.25, 0.3) is 0 Å². The lowest BCUT2D eigenvalue weighted by atomic mass is 10.1. The van der Waals surface area contributed by atoms with Gasteiger partial charge in [-0.1, -0.05) is 102 Å². The van der Waals surface area contributed by atoms with Crippen molar-refractivity contribution in [1.82, 2.24) is 0 Å². The highest BCUT2D eigenvalue weighted by Crippen LogP contribution is 2.56. The fourth-order valence-corrected chi connectivity index (χ4v) is 7.22. The molecule has 3 heteroatoms. The van der Waals surface area contributed by atoms with E-state index in [9.17, 15) is 0 Å². The number of rotatable bonds is 3. The van der Waals surface area contributed by atoms with Gasteiger partial charge in [0.1, 0.15) is 10.7 Å². The molecule has 144 valence electrons. The van der Waals surface area contributed by atoms with Crippen molar-refractivity contribution in [3.63, 3.8) is 0 Å². The summed E-state index contributed by atoms with van der Waals surface area (Å²) in [5.41, 5.74) is 6.82. The van der Waals surface area contributed by atoms with Crippen molar-refractivity contribution in [2.45, 2.75) is 24.6 Å². The maximum atomic E-state index is 2.60. The van der Waals surface area contributed by atoms with E-state index in [0.29, 0.717) is 0 Å². The third kappa shape index (κ3) is 3.33. The topological polar surface area (TPSA) is 3.24 Å². The molecule has 0 fully saturated rings. The van der Waals surface area contributed by atoms with Gasteiger partial charge in [0, 0.05) is 15.5 Å². The summed E-state index contributed by atoms with van der Waals surface area (Å²) in [5, 5.41) is 0.579. The smallest absolute Gasteiger partial charge is 0.104 e. The van der Waals surface area contributed by atoms with Gasteiger partial charge in [-0.05, 0) is 48.3 Å². The highest BCUT2D eigenvalue weighted by atomic mass is 32.2. The average Bonchev–Trinajstić information content (AvgIpc) is 2.79. The predicted octanol–water partition coefficient (Wildman–Crippen LogP) is 7.50. The van der Waals surface area contributed by atoms with Crippen molar-refractivity contribution in [1.29, 1.82) is 0 Å². The lowest BCUT2D eigenvalue weighted by molar-refractivity contribution is 0.806. The first-order valence-corrected chi connectivity index (χ1v) is 11.7. The second-order valence-corrected chi connectivity index (χ2v) is 9.62. The minimum Gasteiger partial charge on any atom is -0.339 e. The standard InChI is InChI=1S/C26H23NS2/c1-18-23(20-12-6-3-7-13-20)28-26-19(2)24(21-14-8-4-9-15-21)29-25(18)27(26)22-16-10-5-11-17-22/h3-17,25-26H,1-2H3. The molecule has 3 aromatic carbocycles. The third-order valence-electron chi connectivity index (χ3n) is 5.55.